The lowest BCUT2D eigenvalue weighted by atomic mass is 10.0. The van der Waals surface area contributed by atoms with Crippen molar-refractivity contribution in [1.82, 2.24) is 5.32 Å². The summed E-state index contributed by atoms with van der Waals surface area (Å²) < 4.78 is 6.41. The molecule has 4 heteroatoms. The predicted molar refractivity (Wildman–Crippen MR) is 70.7 cm³/mol. The third-order valence-corrected chi connectivity index (χ3v) is 3.38. The highest BCUT2D eigenvalue weighted by molar-refractivity contribution is 9.10. The van der Waals surface area contributed by atoms with E-state index >= 15 is 0 Å². The minimum absolute atomic E-state index is 0.0523. The largest absolute Gasteiger partial charge is 0.493 e. The Labute approximate surface area is 110 Å². The van der Waals surface area contributed by atoms with Crippen LogP contribution >= 0.6 is 15.9 Å². The highest BCUT2D eigenvalue weighted by atomic mass is 79.9. The van der Waals surface area contributed by atoms with Gasteiger partial charge in [-0.3, -0.25) is 4.79 Å². The summed E-state index contributed by atoms with van der Waals surface area (Å²) in [5.41, 5.74) is 0.667. The van der Waals surface area contributed by atoms with E-state index in [-0.39, 0.29) is 11.8 Å². The molecule has 1 aromatic carbocycles. The lowest BCUT2D eigenvalue weighted by Crippen LogP contribution is -2.31. The fraction of sp³-hybridized carbons (Fsp3) is 0.462. The smallest absolute Gasteiger partial charge is 0.183 e. The third kappa shape index (κ3) is 2.87. The Balaban J connectivity index is 2.28. The number of Topliss-reactive ketones (excluding diaryl/α,β-unsaturated/α-hetero) is 1. The van der Waals surface area contributed by atoms with E-state index in [1.807, 2.05) is 25.1 Å². The van der Waals surface area contributed by atoms with Gasteiger partial charge in [0.15, 0.2) is 5.78 Å². The van der Waals surface area contributed by atoms with Crippen molar-refractivity contribution in [2.24, 2.45) is 0 Å². The molecule has 0 amide bonds. The van der Waals surface area contributed by atoms with Crippen LogP contribution in [0.15, 0.2) is 22.7 Å². The van der Waals surface area contributed by atoms with Gasteiger partial charge in [0.05, 0.1) is 18.2 Å². The van der Waals surface area contributed by atoms with Gasteiger partial charge in [-0.15, -0.1) is 0 Å². The van der Waals surface area contributed by atoms with Gasteiger partial charge >= 0.3 is 0 Å². The molecular formula is C13H16BrNO2. The van der Waals surface area contributed by atoms with Crippen LogP contribution in [0.3, 0.4) is 0 Å². The molecule has 1 N–H and O–H groups in total. The molecule has 17 heavy (non-hydrogen) atoms. The summed E-state index contributed by atoms with van der Waals surface area (Å²) in [6.45, 7) is 3.42. The Bertz CT molecular complexity index is 414. The molecule has 3 nitrogen and oxygen atoms in total. The molecular weight excluding hydrogens is 282 g/mol. The minimum Gasteiger partial charge on any atom is -0.493 e. The first-order valence-electron chi connectivity index (χ1n) is 5.92. The van der Waals surface area contributed by atoms with Crippen molar-refractivity contribution in [1.29, 1.82) is 0 Å². The zero-order valence-corrected chi connectivity index (χ0v) is 11.4. The van der Waals surface area contributed by atoms with Crippen LogP contribution in [0.2, 0.25) is 0 Å². The molecule has 1 atom stereocenters. The summed E-state index contributed by atoms with van der Waals surface area (Å²) in [6, 6.07) is 5.52. The normalized spacial score (nSPS) is 19.3. The maximum absolute atomic E-state index is 12.3. The second-order valence-electron chi connectivity index (χ2n) is 4.09. The lowest BCUT2D eigenvalue weighted by Gasteiger charge is -2.13. The molecule has 1 heterocycles. The molecule has 92 valence electrons. The average molecular weight is 298 g/mol. The van der Waals surface area contributed by atoms with Crippen LogP contribution in [0, 0.1) is 0 Å². The summed E-state index contributed by atoms with van der Waals surface area (Å²) in [7, 11) is 0. The van der Waals surface area contributed by atoms with Crippen molar-refractivity contribution >= 4 is 21.7 Å². The highest BCUT2D eigenvalue weighted by Crippen LogP contribution is 2.26. The van der Waals surface area contributed by atoms with Crippen molar-refractivity contribution < 1.29 is 9.53 Å². The van der Waals surface area contributed by atoms with E-state index in [4.69, 9.17) is 4.74 Å². The van der Waals surface area contributed by atoms with Gasteiger partial charge in [-0.05, 0) is 44.5 Å². The number of nitrogens with one attached hydrogen (secondary N) is 1. The van der Waals surface area contributed by atoms with Crippen LogP contribution in [0.25, 0.3) is 0 Å². The van der Waals surface area contributed by atoms with Gasteiger partial charge in [0.2, 0.25) is 0 Å². The maximum Gasteiger partial charge on any atom is 0.183 e. The SMILES string of the molecule is CCOc1ccc(Br)cc1C(=O)C1CCCN1. The molecule has 0 aliphatic carbocycles. The standard InChI is InChI=1S/C13H16BrNO2/c1-2-17-12-6-5-9(14)8-10(12)13(16)11-4-3-7-15-11/h5-6,8,11,15H,2-4,7H2,1H3. The summed E-state index contributed by atoms with van der Waals surface area (Å²) >= 11 is 3.40. The van der Waals surface area contributed by atoms with Crippen molar-refractivity contribution in [3.63, 3.8) is 0 Å². The summed E-state index contributed by atoms with van der Waals surface area (Å²) in [5.74, 6) is 0.807. The molecule has 1 unspecified atom stereocenters. The topological polar surface area (TPSA) is 38.3 Å². The molecule has 0 aromatic heterocycles. The van der Waals surface area contributed by atoms with Gasteiger partial charge in [0.1, 0.15) is 5.75 Å². The van der Waals surface area contributed by atoms with E-state index in [2.05, 4.69) is 21.2 Å². The number of halogens is 1. The van der Waals surface area contributed by atoms with Crippen molar-refractivity contribution in [3.8, 4) is 5.75 Å². The Hall–Kier alpha value is -0.870. The summed E-state index contributed by atoms with van der Waals surface area (Å²) in [4.78, 5) is 12.3. The van der Waals surface area contributed by atoms with Crippen LogP contribution in [0.4, 0.5) is 0 Å². The first kappa shape index (κ1) is 12.6. The summed E-state index contributed by atoms with van der Waals surface area (Å²) in [5, 5.41) is 3.22. The number of ether oxygens (including phenoxy) is 1. The van der Waals surface area contributed by atoms with E-state index in [1.165, 1.54) is 0 Å². The predicted octanol–water partition coefficient (Wildman–Crippen LogP) is 2.78. The van der Waals surface area contributed by atoms with Crippen molar-refractivity contribution in [2.45, 2.75) is 25.8 Å². The Morgan fingerprint density at radius 3 is 3.06 bits per heavy atom. The number of ketones is 1. The molecule has 0 saturated carbocycles. The molecule has 0 radical (unpaired) electrons. The van der Waals surface area contributed by atoms with E-state index < -0.39 is 0 Å². The Morgan fingerprint density at radius 2 is 2.41 bits per heavy atom. The van der Waals surface area contributed by atoms with Gasteiger partial charge < -0.3 is 10.1 Å². The molecule has 0 spiro atoms. The Morgan fingerprint density at radius 1 is 1.59 bits per heavy atom. The van der Waals surface area contributed by atoms with E-state index in [0.717, 1.165) is 23.9 Å². The molecule has 1 aliphatic heterocycles. The second-order valence-corrected chi connectivity index (χ2v) is 5.00. The van der Waals surface area contributed by atoms with E-state index in [0.29, 0.717) is 17.9 Å². The van der Waals surface area contributed by atoms with Gasteiger partial charge in [0.25, 0.3) is 0 Å². The average Bonchev–Trinajstić information content (AvgIpc) is 2.84. The number of carbonyl (C=O) groups is 1. The molecule has 1 aliphatic rings. The van der Waals surface area contributed by atoms with Gasteiger partial charge in [0, 0.05) is 4.47 Å². The number of rotatable bonds is 4. The molecule has 0 bridgehead atoms. The van der Waals surface area contributed by atoms with Crippen LogP contribution in [0.5, 0.6) is 5.75 Å². The monoisotopic (exact) mass is 297 g/mol. The van der Waals surface area contributed by atoms with E-state index in [9.17, 15) is 4.79 Å². The van der Waals surface area contributed by atoms with Gasteiger partial charge in [-0.25, -0.2) is 0 Å². The molecule has 1 fully saturated rings. The first-order valence-corrected chi connectivity index (χ1v) is 6.71. The number of hydrogen-bond donors (Lipinski definition) is 1. The highest BCUT2D eigenvalue weighted by Gasteiger charge is 2.25. The second kappa shape index (κ2) is 5.65. The fourth-order valence-electron chi connectivity index (χ4n) is 2.07. The number of hydrogen-bond acceptors (Lipinski definition) is 3. The molecule has 2 rings (SSSR count). The van der Waals surface area contributed by atoms with Gasteiger partial charge in [-0.2, -0.15) is 0 Å². The fourth-order valence-corrected chi connectivity index (χ4v) is 2.43. The Kier molecular flexibility index (Phi) is 4.18. The van der Waals surface area contributed by atoms with Crippen LogP contribution < -0.4 is 10.1 Å². The van der Waals surface area contributed by atoms with Crippen molar-refractivity contribution in [3.05, 3.63) is 28.2 Å². The minimum atomic E-state index is -0.0523. The molecule has 1 saturated heterocycles. The van der Waals surface area contributed by atoms with Gasteiger partial charge in [-0.1, -0.05) is 15.9 Å². The number of benzene rings is 1. The number of carbonyl (C=O) groups excluding carboxylic acids is 1. The van der Waals surface area contributed by atoms with Crippen LogP contribution in [-0.2, 0) is 0 Å². The first-order chi connectivity index (χ1) is 8.22. The third-order valence-electron chi connectivity index (χ3n) is 2.88. The van der Waals surface area contributed by atoms with E-state index in [1.54, 1.807) is 0 Å². The molecule has 1 aromatic rings. The quantitative estimate of drug-likeness (QED) is 0.869. The zero-order valence-electron chi connectivity index (χ0n) is 9.83. The van der Waals surface area contributed by atoms with Crippen LogP contribution in [-0.4, -0.2) is 25.0 Å². The van der Waals surface area contributed by atoms with Crippen LogP contribution in [0.1, 0.15) is 30.1 Å². The lowest BCUT2D eigenvalue weighted by molar-refractivity contribution is 0.0948. The maximum atomic E-state index is 12.3. The van der Waals surface area contributed by atoms with Crippen molar-refractivity contribution in [2.75, 3.05) is 13.2 Å². The zero-order chi connectivity index (χ0) is 12.3. The summed E-state index contributed by atoms with van der Waals surface area (Å²) in [6.07, 6.45) is 1.98.